The minimum atomic E-state index is 0.0359. The van der Waals surface area contributed by atoms with Crippen LogP contribution in [0.1, 0.15) is 60.4 Å². The molecule has 2 fully saturated rings. The zero-order valence-electron chi connectivity index (χ0n) is 12.9. The van der Waals surface area contributed by atoms with Crippen molar-refractivity contribution >= 4 is 11.7 Å². The summed E-state index contributed by atoms with van der Waals surface area (Å²) in [6, 6.07) is 1.91. The highest BCUT2D eigenvalue weighted by molar-refractivity contribution is 5.96. The first-order chi connectivity index (χ1) is 10.1. The number of aryl methyl sites for hydroxylation is 2. The zero-order chi connectivity index (χ0) is 15.0. The molecule has 3 rings (SSSR count). The highest BCUT2D eigenvalue weighted by atomic mass is 16.3. The van der Waals surface area contributed by atoms with Gasteiger partial charge in [-0.25, -0.2) is 0 Å². The van der Waals surface area contributed by atoms with Crippen LogP contribution in [0.2, 0.25) is 0 Å². The number of likely N-dealkylation sites (tertiary alicyclic amines) is 1. The molecule has 21 heavy (non-hydrogen) atoms. The van der Waals surface area contributed by atoms with E-state index in [2.05, 4.69) is 0 Å². The summed E-state index contributed by atoms with van der Waals surface area (Å²) in [6.07, 6.45) is 5.70. The average molecular weight is 289 g/mol. The molecule has 0 spiro atoms. The summed E-state index contributed by atoms with van der Waals surface area (Å²) in [7, 11) is 0. The van der Waals surface area contributed by atoms with Gasteiger partial charge in [-0.3, -0.25) is 9.59 Å². The molecule has 1 aromatic heterocycles. The maximum absolute atomic E-state index is 12.9. The minimum Gasteiger partial charge on any atom is -0.466 e. The number of hydrogen-bond donors (Lipinski definition) is 0. The number of hydrogen-bond acceptors (Lipinski definition) is 3. The van der Waals surface area contributed by atoms with E-state index in [0.29, 0.717) is 23.5 Å². The molecule has 2 unspecified atom stereocenters. The van der Waals surface area contributed by atoms with Gasteiger partial charge in [0, 0.05) is 24.9 Å². The third-order valence-electron chi connectivity index (χ3n) is 4.90. The summed E-state index contributed by atoms with van der Waals surface area (Å²) in [5, 5.41) is 0. The number of rotatable bonds is 2. The number of carbonyl (C=O) groups excluding carboxylic acids is 2. The SMILES string of the molecule is Cc1cc(C(=O)N2CCCCC2C2CCCC2=O)c(C)o1. The lowest BCUT2D eigenvalue weighted by Crippen LogP contribution is -2.48. The summed E-state index contributed by atoms with van der Waals surface area (Å²) >= 11 is 0. The van der Waals surface area contributed by atoms with Gasteiger partial charge < -0.3 is 9.32 Å². The van der Waals surface area contributed by atoms with Gasteiger partial charge in [0.15, 0.2) is 0 Å². The standard InChI is InChI=1S/C17H23NO3/c1-11-10-14(12(2)21-11)17(20)18-9-4-3-7-15(18)13-6-5-8-16(13)19/h10,13,15H,3-9H2,1-2H3. The largest absolute Gasteiger partial charge is 0.466 e. The Kier molecular flexibility index (Phi) is 3.87. The Morgan fingerprint density at radius 1 is 1.24 bits per heavy atom. The Balaban J connectivity index is 1.85. The molecule has 1 aliphatic heterocycles. The Morgan fingerprint density at radius 3 is 2.67 bits per heavy atom. The number of furan rings is 1. The summed E-state index contributed by atoms with van der Waals surface area (Å²) in [5.74, 6) is 1.89. The quantitative estimate of drug-likeness (QED) is 0.839. The van der Waals surface area contributed by atoms with Crippen LogP contribution < -0.4 is 0 Å². The minimum absolute atomic E-state index is 0.0359. The van der Waals surface area contributed by atoms with E-state index in [1.807, 2.05) is 24.8 Å². The molecule has 4 nitrogen and oxygen atoms in total. The number of piperidine rings is 1. The fourth-order valence-electron chi connectivity index (χ4n) is 3.88. The molecule has 0 N–H and O–H groups in total. The fourth-order valence-corrected chi connectivity index (χ4v) is 3.88. The Labute approximate surface area is 125 Å². The lowest BCUT2D eigenvalue weighted by Gasteiger charge is -2.38. The van der Waals surface area contributed by atoms with E-state index in [0.717, 1.165) is 44.4 Å². The van der Waals surface area contributed by atoms with Gasteiger partial charge in [-0.2, -0.15) is 0 Å². The molecular formula is C17H23NO3. The van der Waals surface area contributed by atoms with Crippen molar-refractivity contribution in [3.63, 3.8) is 0 Å². The molecule has 2 aliphatic rings. The molecule has 2 atom stereocenters. The molecule has 1 aromatic rings. The molecule has 0 aromatic carbocycles. The number of Topliss-reactive ketones (excluding diaryl/α,β-unsaturated/α-hetero) is 1. The lowest BCUT2D eigenvalue weighted by molar-refractivity contribution is -0.122. The van der Waals surface area contributed by atoms with Crippen LogP contribution in [0.25, 0.3) is 0 Å². The number of amides is 1. The molecule has 1 aliphatic carbocycles. The molecular weight excluding hydrogens is 266 g/mol. The normalized spacial score (nSPS) is 26.4. The first kappa shape index (κ1) is 14.4. The van der Waals surface area contributed by atoms with Crippen LogP contribution in [0, 0.1) is 19.8 Å². The van der Waals surface area contributed by atoms with Crippen LogP contribution in [0.5, 0.6) is 0 Å². The van der Waals surface area contributed by atoms with Gasteiger partial charge in [0.25, 0.3) is 5.91 Å². The van der Waals surface area contributed by atoms with E-state index >= 15 is 0 Å². The van der Waals surface area contributed by atoms with Crippen LogP contribution >= 0.6 is 0 Å². The highest BCUT2D eigenvalue weighted by Crippen LogP contribution is 2.33. The predicted molar refractivity (Wildman–Crippen MR) is 79.2 cm³/mol. The predicted octanol–water partition coefficient (Wildman–Crippen LogP) is 3.26. The van der Waals surface area contributed by atoms with Crippen molar-refractivity contribution in [2.75, 3.05) is 6.54 Å². The number of carbonyl (C=O) groups is 2. The summed E-state index contributed by atoms with van der Waals surface area (Å²) < 4.78 is 5.49. The second-order valence-electron chi connectivity index (χ2n) is 6.35. The Hall–Kier alpha value is -1.58. The van der Waals surface area contributed by atoms with Gasteiger partial charge in [0.1, 0.15) is 17.3 Å². The van der Waals surface area contributed by atoms with Gasteiger partial charge >= 0.3 is 0 Å². The van der Waals surface area contributed by atoms with Crippen molar-refractivity contribution in [1.29, 1.82) is 0 Å². The molecule has 1 saturated carbocycles. The third-order valence-corrected chi connectivity index (χ3v) is 4.90. The number of ketones is 1. The van der Waals surface area contributed by atoms with E-state index in [-0.39, 0.29) is 17.9 Å². The molecule has 4 heteroatoms. The first-order valence-corrected chi connectivity index (χ1v) is 7.98. The molecule has 1 saturated heterocycles. The first-order valence-electron chi connectivity index (χ1n) is 7.98. The van der Waals surface area contributed by atoms with Gasteiger partial charge in [-0.1, -0.05) is 0 Å². The van der Waals surface area contributed by atoms with Crippen LogP contribution in [-0.2, 0) is 4.79 Å². The van der Waals surface area contributed by atoms with Crippen molar-refractivity contribution in [2.24, 2.45) is 5.92 Å². The van der Waals surface area contributed by atoms with E-state index in [9.17, 15) is 9.59 Å². The second kappa shape index (κ2) is 5.66. The van der Waals surface area contributed by atoms with Crippen LogP contribution in [-0.4, -0.2) is 29.2 Å². The van der Waals surface area contributed by atoms with Crippen LogP contribution in [0.3, 0.4) is 0 Å². The van der Waals surface area contributed by atoms with Crippen LogP contribution in [0.15, 0.2) is 10.5 Å². The summed E-state index contributed by atoms with van der Waals surface area (Å²) in [4.78, 5) is 26.9. The van der Waals surface area contributed by atoms with E-state index in [1.54, 1.807) is 0 Å². The van der Waals surface area contributed by atoms with Gasteiger partial charge in [0.2, 0.25) is 0 Å². The summed E-state index contributed by atoms with van der Waals surface area (Å²) in [5.41, 5.74) is 0.657. The smallest absolute Gasteiger partial charge is 0.257 e. The second-order valence-corrected chi connectivity index (χ2v) is 6.35. The zero-order valence-corrected chi connectivity index (χ0v) is 12.9. The van der Waals surface area contributed by atoms with Gasteiger partial charge in [-0.05, 0) is 52.0 Å². The van der Waals surface area contributed by atoms with Crippen molar-refractivity contribution in [3.05, 3.63) is 23.2 Å². The van der Waals surface area contributed by atoms with Gasteiger partial charge in [-0.15, -0.1) is 0 Å². The molecule has 0 radical (unpaired) electrons. The lowest BCUT2D eigenvalue weighted by atomic mass is 9.88. The van der Waals surface area contributed by atoms with E-state index in [4.69, 9.17) is 4.42 Å². The maximum Gasteiger partial charge on any atom is 0.257 e. The average Bonchev–Trinajstić information content (AvgIpc) is 3.03. The number of nitrogens with zero attached hydrogens (tertiary/aromatic N) is 1. The molecule has 1 amide bonds. The maximum atomic E-state index is 12.9. The third kappa shape index (κ3) is 2.63. The van der Waals surface area contributed by atoms with Crippen molar-refractivity contribution in [2.45, 2.75) is 58.4 Å². The van der Waals surface area contributed by atoms with Crippen molar-refractivity contribution in [3.8, 4) is 0 Å². The Morgan fingerprint density at radius 2 is 2.05 bits per heavy atom. The molecule has 114 valence electrons. The van der Waals surface area contributed by atoms with Crippen molar-refractivity contribution in [1.82, 2.24) is 4.90 Å². The van der Waals surface area contributed by atoms with Crippen LogP contribution in [0.4, 0.5) is 0 Å². The van der Waals surface area contributed by atoms with E-state index < -0.39 is 0 Å². The van der Waals surface area contributed by atoms with E-state index in [1.165, 1.54) is 0 Å². The summed E-state index contributed by atoms with van der Waals surface area (Å²) in [6.45, 7) is 4.45. The topological polar surface area (TPSA) is 50.5 Å². The fraction of sp³-hybridized carbons (Fsp3) is 0.647. The van der Waals surface area contributed by atoms with Crippen molar-refractivity contribution < 1.29 is 14.0 Å². The highest BCUT2D eigenvalue weighted by Gasteiger charge is 2.39. The molecule has 2 heterocycles. The van der Waals surface area contributed by atoms with Gasteiger partial charge in [0.05, 0.1) is 5.56 Å². The Bertz CT molecular complexity index is 560. The molecule has 0 bridgehead atoms. The monoisotopic (exact) mass is 289 g/mol.